The molecule has 0 radical (unpaired) electrons. The molecule has 0 aromatic heterocycles. The molecule has 130 valence electrons. The minimum absolute atomic E-state index is 0.0489. The average Bonchev–Trinajstić information content (AvgIpc) is 2.42. The maximum Gasteiger partial charge on any atom is 0.171 e. The van der Waals surface area contributed by atoms with Crippen LogP contribution in [0.4, 0.5) is 0 Å². The first kappa shape index (κ1) is 18.4. The summed E-state index contributed by atoms with van der Waals surface area (Å²) in [5.74, 6) is -0.211. The van der Waals surface area contributed by atoms with E-state index in [4.69, 9.17) is 0 Å². The first-order valence-corrected chi connectivity index (χ1v) is 8.54. The maximum absolute atomic E-state index is 12.8. The van der Waals surface area contributed by atoms with Crippen molar-refractivity contribution in [3.63, 3.8) is 0 Å². The Balaban J connectivity index is 2.44. The quantitative estimate of drug-likeness (QED) is 0.599. The summed E-state index contributed by atoms with van der Waals surface area (Å²) >= 11 is 0. The molecule has 0 spiro atoms. The fraction of sp³-hybridized carbons (Fsp3) is 0.737. The van der Waals surface area contributed by atoms with Gasteiger partial charge in [0.25, 0.3) is 0 Å². The van der Waals surface area contributed by atoms with Gasteiger partial charge in [0.1, 0.15) is 0 Å². The lowest BCUT2D eigenvalue weighted by molar-refractivity contribution is -0.198. The first-order valence-electron chi connectivity index (χ1n) is 8.54. The Morgan fingerprint density at radius 1 is 1.22 bits per heavy atom. The molecular formula is C19H30O4. The van der Waals surface area contributed by atoms with Crippen LogP contribution in [0.25, 0.3) is 0 Å². The zero-order chi connectivity index (χ0) is 17.4. The lowest BCUT2D eigenvalue weighted by atomic mass is 9.55. The molecule has 0 saturated heterocycles. The lowest BCUT2D eigenvalue weighted by Crippen LogP contribution is -2.64. The molecule has 0 unspecified atom stereocenters. The number of carbonyl (C=O) groups excluding carboxylic acids is 1. The molecule has 2 aliphatic carbocycles. The molecule has 0 aromatic carbocycles. The molecule has 1 saturated carbocycles. The summed E-state index contributed by atoms with van der Waals surface area (Å²) in [6.45, 7) is 9.61. The van der Waals surface area contributed by atoms with Gasteiger partial charge in [-0.2, -0.15) is 0 Å². The van der Waals surface area contributed by atoms with E-state index in [2.05, 4.69) is 6.58 Å². The van der Waals surface area contributed by atoms with Gasteiger partial charge in [-0.25, -0.2) is 0 Å². The molecule has 3 N–H and O–H groups in total. The standard InChI is InChI=1S/C19H30O4/c1-12-5-6-14-7-8-16(21)19(23,18(14,3)4)17(22)11-13(2)10-15(20)9-12/h10,14-16,20-21,23H,1,5-9,11H2,2-4H3/b13-10+/t14-,15+,16-,19-/m1/s1. The summed E-state index contributed by atoms with van der Waals surface area (Å²) in [6.07, 6.45) is 3.32. The van der Waals surface area contributed by atoms with E-state index >= 15 is 0 Å². The van der Waals surface area contributed by atoms with Crippen LogP contribution in [0.15, 0.2) is 23.8 Å². The molecule has 0 heterocycles. The van der Waals surface area contributed by atoms with Gasteiger partial charge in [0.05, 0.1) is 12.2 Å². The van der Waals surface area contributed by atoms with Gasteiger partial charge < -0.3 is 15.3 Å². The molecule has 2 aliphatic rings. The van der Waals surface area contributed by atoms with E-state index < -0.39 is 23.2 Å². The molecule has 23 heavy (non-hydrogen) atoms. The van der Waals surface area contributed by atoms with Crippen LogP contribution >= 0.6 is 0 Å². The monoisotopic (exact) mass is 322 g/mol. The molecule has 0 aromatic rings. The molecular weight excluding hydrogens is 292 g/mol. The Morgan fingerprint density at radius 2 is 1.87 bits per heavy atom. The van der Waals surface area contributed by atoms with Crippen molar-refractivity contribution in [3.05, 3.63) is 23.8 Å². The van der Waals surface area contributed by atoms with Gasteiger partial charge in [-0.1, -0.05) is 37.6 Å². The highest BCUT2D eigenvalue weighted by atomic mass is 16.4. The molecule has 0 aliphatic heterocycles. The number of carbonyl (C=O) groups is 1. The summed E-state index contributed by atoms with van der Waals surface area (Å²) in [7, 11) is 0. The van der Waals surface area contributed by atoms with Crippen LogP contribution in [-0.4, -0.2) is 38.9 Å². The van der Waals surface area contributed by atoms with Crippen LogP contribution in [0, 0.1) is 11.3 Å². The van der Waals surface area contributed by atoms with Gasteiger partial charge in [-0.05, 0) is 44.9 Å². The SMILES string of the molecule is C=C1CC[C@@H]2CC[C@@H](O)[C@@](O)(C(=O)C/C(C)=C/[C@@H](O)C1)C2(C)C. The highest BCUT2D eigenvalue weighted by Gasteiger charge is 2.59. The molecule has 4 atom stereocenters. The van der Waals surface area contributed by atoms with Crippen molar-refractivity contribution in [1.82, 2.24) is 0 Å². The van der Waals surface area contributed by atoms with E-state index in [0.717, 1.165) is 30.4 Å². The molecule has 2 bridgehead atoms. The maximum atomic E-state index is 12.8. The summed E-state index contributed by atoms with van der Waals surface area (Å²) in [4.78, 5) is 12.8. The number of hydrogen-bond donors (Lipinski definition) is 3. The first-order chi connectivity index (χ1) is 10.6. The lowest BCUT2D eigenvalue weighted by Gasteiger charge is -2.53. The fourth-order valence-corrected chi connectivity index (χ4v) is 4.33. The molecule has 1 fully saturated rings. The van der Waals surface area contributed by atoms with Crippen LogP contribution in [0.1, 0.15) is 59.3 Å². The number of aliphatic hydroxyl groups is 3. The molecule has 4 nitrogen and oxygen atoms in total. The number of Topliss-reactive ketones (excluding diaryl/α,β-unsaturated/α-hetero) is 1. The van der Waals surface area contributed by atoms with Crippen molar-refractivity contribution in [2.24, 2.45) is 11.3 Å². The van der Waals surface area contributed by atoms with Crippen molar-refractivity contribution in [2.75, 3.05) is 0 Å². The third-order valence-electron chi connectivity index (χ3n) is 5.96. The second-order valence-corrected chi connectivity index (χ2v) is 7.95. The number of allylic oxidation sites excluding steroid dienone is 1. The van der Waals surface area contributed by atoms with E-state index in [1.54, 1.807) is 13.0 Å². The van der Waals surface area contributed by atoms with Crippen molar-refractivity contribution in [2.45, 2.75) is 77.1 Å². The van der Waals surface area contributed by atoms with Crippen LogP contribution in [0.5, 0.6) is 0 Å². The Morgan fingerprint density at radius 3 is 2.52 bits per heavy atom. The normalized spacial score (nSPS) is 41.5. The Labute approximate surface area is 138 Å². The fourth-order valence-electron chi connectivity index (χ4n) is 4.33. The summed E-state index contributed by atoms with van der Waals surface area (Å²) in [5, 5.41) is 31.7. The minimum Gasteiger partial charge on any atom is -0.390 e. The van der Waals surface area contributed by atoms with Crippen molar-refractivity contribution < 1.29 is 20.1 Å². The summed E-state index contributed by atoms with van der Waals surface area (Å²) in [5.41, 5.74) is -0.732. The van der Waals surface area contributed by atoms with E-state index in [1.165, 1.54) is 0 Å². The summed E-state index contributed by atoms with van der Waals surface area (Å²) < 4.78 is 0. The second-order valence-electron chi connectivity index (χ2n) is 7.95. The van der Waals surface area contributed by atoms with Gasteiger partial charge in [-0.3, -0.25) is 4.79 Å². The van der Waals surface area contributed by atoms with Crippen molar-refractivity contribution in [1.29, 1.82) is 0 Å². The Bertz CT molecular complexity index is 519. The van der Waals surface area contributed by atoms with Gasteiger partial charge in [0, 0.05) is 11.8 Å². The second kappa shape index (κ2) is 6.50. The topological polar surface area (TPSA) is 77.8 Å². The number of aliphatic hydroxyl groups excluding tert-OH is 2. The van der Waals surface area contributed by atoms with Crippen molar-refractivity contribution in [3.8, 4) is 0 Å². The number of fused-ring (bicyclic) bond motifs is 2. The largest absolute Gasteiger partial charge is 0.390 e. The van der Waals surface area contributed by atoms with E-state index in [-0.39, 0.29) is 18.1 Å². The van der Waals surface area contributed by atoms with Gasteiger partial charge in [0.2, 0.25) is 0 Å². The molecule has 4 heteroatoms. The predicted octanol–water partition coefficient (Wildman–Crippen LogP) is 2.52. The smallest absolute Gasteiger partial charge is 0.171 e. The highest BCUT2D eigenvalue weighted by molar-refractivity contribution is 5.90. The van der Waals surface area contributed by atoms with E-state index in [0.29, 0.717) is 12.8 Å². The van der Waals surface area contributed by atoms with Crippen LogP contribution in [0.2, 0.25) is 0 Å². The number of rotatable bonds is 0. The van der Waals surface area contributed by atoms with E-state index in [9.17, 15) is 20.1 Å². The zero-order valence-electron chi connectivity index (χ0n) is 14.5. The third-order valence-corrected chi connectivity index (χ3v) is 5.96. The van der Waals surface area contributed by atoms with Gasteiger partial charge in [-0.15, -0.1) is 0 Å². The third kappa shape index (κ3) is 3.30. The Hall–Kier alpha value is -0.970. The molecule has 2 rings (SSSR count). The van der Waals surface area contributed by atoms with Crippen LogP contribution in [-0.2, 0) is 4.79 Å². The summed E-state index contributed by atoms with van der Waals surface area (Å²) in [6, 6.07) is 0. The Kier molecular flexibility index (Phi) is 5.19. The number of hydrogen-bond acceptors (Lipinski definition) is 4. The van der Waals surface area contributed by atoms with Gasteiger partial charge in [0.15, 0.2) is 11.4 Å². The molecule has 0 amide bonds. The van der Waals surface area contributed by atoms with Crippen molar-refractivity contribution >= 4 is 5.78 Å². The average molecular weight is 322 g/mol. The predicted molar refractivity (Wildman–Crippen MR) is 89.8 cm³/mol. The minimum atomic E-state index is -1.74. The van der Waals surface area contributed by atoms with Crippen LogP contribution in [0.3, 0.4) is 0 Å². The van der Waals surface area contributed by atoms with Crippen LogP contribution < -0.4 is 0 Å². The zero-order valence-corrected chi connectivity index (χ0v) is 14.5. The number of ketones is 1. The highest BCUT2D eigenvalue weighted by Crippen LogP contribution is 2.51. The van der Waals surface area contributed by atoms with Gasteiger partial charge >= 0.3 is 0 Å². The van der Waals surface area contributed by atoms with E-state index in [1.807, 2.05) is 13.8 Å².